The van der Waals surface area contributed by atoms with Crippen LogP contribution in [0.5, 0.6) is 0 Å². The number of ketones is 1. The molecule has 2 N–H and O–H groups in total. The molecule has 2 aromatic carbocycles. The lowest BCUT2D eigenvalue weighted by atomic mass is 10.0. The van der Waals surface area contributed by atoms with Crippen LogP contribution in [0.3, 0.4) is 0 Å². The van der Waals surface area contributed by atoms with Crippen LogP contribution in [0.25, 0.3) is 0 Å². The molecule has 2 nitrogen and oxygen atoms in total. The van der Waals surface area contributed by atoms with E-state index in [1.54, 1.807) is 0 Å². The van der Waals surface area contributed by atoms with Crippen molar-refractivity contribution in [3.05, 3.63) is 64.7 Å². The molecule has 0 bridgehead atoms. The third-order valence-corrected chi connectivity index (χ3v) is 2.53. The lowest BCUT2D eigenvalue weighted by Crippen LogP contribution is -2.10. The number of carbonyl (C=O) groups excluding carboxylic acids is 1. The molecule has 0 aromatic heterocycles. The van der Waals surface area contributed by atoms with Crippen molar-refractivity contribution in [1.29, 1.82) is 0 Å². The van der Waals surface area contributed by atoms with E-state index in [2.05, 4.69) is 0 Å². The Balaban J connectivity index is 2.56. The zero-order valence-corrected chi connectivity index (χ0v) is 9.38. The van der Waals surface area contributed by atoms with Crippen LogP contribution in [0, 0.1) is 23.3 Å². The normalized spacial score (nSPS) is 10.5. The van der Waals surface area contributed by atoms with Crippen molar-refractivity contribution in [3.8, 4) is 0 Å². The van der Waals surface area contributed by atoms with E-state index in [4.69, 9.17) is 5.73 Å². The molecule has 0 saturated heterocycles. The van der Waals surface area contributed by atoms with Gasteiger partial charge in [0.05, 0.1) is 11.3 Å². The van der Waals surface area contributed by atoms with Crippen LogP contribution in [0.2, 0.25) is 0 Å². The summed E-state index contributed by atoms with van der Waals surface area (Å²) in [6, 6.07) is 3.99. The largest absolute Gasteiger partial charge is 0.396 e. The lowest BCUT2D eigenvalue weighted by Gasteiger charge is -2.06. The zero-order valence-electron chi connectivity index (χ0n) is 9.38. The smallest absolute Gasteiger partial charge is 0.199 e. The average molecular weight is 269 g/mol. The van der Waals surface area contributed by atoms with Gasteiger partial charge in [0.2, 0.25) is 0 Å². The summed E-state index contributed by atoms with van der Waals surface area (Å²) < 4.78 is 52.8. The highest BCUT2D eigenvalue weighted by molar-refractivity contribution is 6.09. The van der Waals surface area contributed by atoms with Crippen molar-refractivity contribution in [1.82, 2.24) is 0 Å². The lowest BCUT2D eigenvalue weighted by molar-refractivity contribution is 0.103. The molecule has 0 unspecified atom stereocenters. The SMILES string of the molecule is Nc1ccc(F)c(C(=O)c2ccc(F)c(F)c2)c1F. The van der Waals surface area contributed by atoms with E-state index in [0.717, 1.165) is 18.2 Å². The molecule has 0 aliphatic carbocycles. The van der Waals surface area contributed by atoms with Gasteiger partial charge in [-0.1, -0.05) is 0 Å². The van der Waals surface area contributed by atoms with Gasteiger partial charge in [0.25, 0.3) is 0 Å². The highest BCUT2D eigenvalue weighted by atomic mass is 19.2. The summed E-state index contributed by atoms with van der Waals surface area (Å²) in [5, 5.41) is 0. The minimum Gasteiger partial charge on any atom is -0.396 e. The van der Waals surface area contributed by atoms with Crippen LogP contribution >= 0.6 is 0 Å². The first-order valence-corrected chi connectivity index (χ1v) is 5.15. The van der Waals surface area contributed by atoms with E-state index in [1.165, 1.54) is 0 Å². The molecule has 2 aromatic rings. The molecule has 0 fully saturated rings. The summed E-state index contributed by atoms with van der Waals surface area (Å²) in [6.45, 7) is 0. The summed E-state index contributed by atoms with van der Waals surface area (Å²) >= 11 is 0. The van der Waals surface area contributed by atoms with Gasteiger partial charge in [-0.25, -0.2) is 17.6 Å². The first kappa shape index (κ1) is 13.1. The number of halogens is 4. The Morgan fingerprint density at radius 2 is 1.53 bits per heavy atom. The van der Waals surface area contributed by atoms with Crippen molar-refractivity contribution < 1.29 is 22.4 Å². The fourth-order valence-electron chi connectivity index (χ4n) is 1.56. The van der Waals surface area contributed by atoms with Gasteiger partial charge >= 0.3 is 0 Å². The standard InChI is InChI=1S/C13H7F4NO/c14-7-2-1-6(5-9(7)16)13(19)11-8(15)3-4-10(18)12(11)17/h1-5H,18H2. The Kier molecular flexibility index (Phi) is 3.25. The summed E-state index contributed by atoms with van der Waals surface area (Å²) in [6.07, 6.45) is 0. The molecular weight excluding hydrogens is 262 g/mol. The number of nitrogens with two attached hydrogens (primary N) is 1. The maximum Gasteiger partial charge on any atom is 0.199 e. The van der Waals surface area contributed by atoms with Crippen LogP contribution < -0.4 is 5.73 Å². The molecule has 98 valence electrons. The number of nitrogen functional groups attached to an aromatic ring is 1. The Bertz CT molecular complexity index is 670. The Morgan fingerprint density at radius 3 is 2.16 bits per heavy atom. The quantitative estimate of drug-likeness (QED) is 0.517. The first-order valence-electron chi connectivity index (χ1n) is 5.15. The molecule has 0 amide bonds. The molecule has 0 heterocycles. The Morgan fingerprint density at radius 1 is 0.895 bits per heavy atom. The van der Waals surface area contributed by atoms with Gasteiger partial charge in [0, 0.05) is 5.56 Å². The molecule has 0 spiro atoms. The fraction of sp³-hybridized carbons (Fsp3) is 0. The second kappa shape index (κ2) is 4.72. The van der Waals surface area contributed by atoms with Gasteiger partial charge in [-0.15, -0.1) is 0 Å². The first-order chi connectivity index (χ1) is 8.91. The molecule has 0 aliphatic heterocycles. The van der Waals surface area contributed by atoms with E-state index in [1.807, 2.05) is 0 Å². The average Bonchev–Trinajstić information content (AvgIpc) is 2.37. The van der Waals surface area contributed by atoms with Gasteiger partial charge in [0.1, 0.15) is 5.82 Å². The number of anilines is 1. The van der Waals surface area contributed by atoms with Gasteiger partial charge in [-0.05, 0) is 30.3 Å². The molecule has 0 atom stereocenters. The third kappa shape index (κ3) is 2.29. The molecule has 0 radical (unpaired) electrons. The maximum absolute atomic E-state index is 13.6. The highest BCUT2D eigenvalue weighted by Crippen LogP contribution is 2.22. The topological polar surface area (TPSA) is 43.1 Å². The van der Waals surface area contributed by atoms with E-state index < -0.39 is 40.3 Å². The number of benzene rings is 2. The highest BCUT2D eigenvalue weighted by Gasteiger charge is 2.21. The van der Waals surface area contributed by atoms with Crippen LogP contribution in [-0.4, -0.2) is 5.78 Å². The number of rotatable bonds is 2. The van der Waals surface area contributed by atoms with Crippen molar-refractivity contribution >= 4 is 11.5 Å². The van der Waals surface area contributed by atoms with Crippen LogP contribution in [0.1, 0.15) is 15.9 Å². The zero-order chi connectivity index (χ0) is 14.2. The fourth-order valence-corrected chi connectivity index (χ4v) is 1.56. The number of carbonyl (C=O) groups is 1. The Hall–Kier alpha value is -2.37. The van der Waals surface area contributed by atoms with E-state index >= 15 is 0 Å². The van der Waals surface area contributed by atoms with Crippen LogP contribution in [0.15, 0.2) is 30.3 Å². The molecule has 6 heteroatoms. The predicted octanol–water partition coefficient (Wildman–Crippen LogP) is 3.06. The Labute approximate surface area is 105 Å². The van der Waals surface area contributed by atoms with E-state index in [0.29, 0.717) is 12.1 Å². The van der Waals surface area contributed by atoms with Crippen molar-refractivity contribution in [2.45, 2.75) is 0 Å². The van der Waals surface area contributed by atoms with Crippen molar-refractivity contribution in [2.75, 3.05) is 5.73 Å². The van der Waals surface area contributed by atoms with Crippen LogP contribution in [-0.2, 0) is 0 Å². The van der Waals surface area contributed by atoms with Gasteiger partial charge < -0.3 is 5.73 Å². The molecule has 0 aliphatic rings. The molecule has 2 rings (SSSR count). The van der Waals surface area contributed by atoms with Crippen molar-refractivity contribution in [3.63, 3.8) is 0 Å². The maximum atomic E-state index is 13.6. The van der Waals surface area contributed by atoms with Crippen LogP contribution in [0.4, 0.5) is 23.2 Å². The predicted molar refractivity (Wildman–Crippen MR) is 60.6 cm³/mol. The van der Waals surface area contributed by atoms with Gasteiger partial charge in [-0.2, -0.15) is 0 Å². The number of hydrogen-bond donors (Lipinski definition) is 1. The molecular formula is C13H7F4NO. The molecule has 0 saturated carbocycles. The molecule has 19 heavy (non-hydrogen) atoms. The number of hydrogen-bond acceptors (Lipinski definition) is 2. The minimum atomic E-state index is -1.28. The summed E-state index contributed by atoms with van der Waals surface area (Å²) in [5.41, 5.74) is 3.55. The van der Waals surface area contributed by atoms with E-state index in [9.17, 15) is 22.4 Å². The second-order valence-electron chi connectivity index (χ2n) is 3.78. The third-order valence-electron chi connectivity index (χ3n) is 2.53. The summed E-state index contributed by atoms with van der Waals surface area (Å²) in [7, 11) is 0. The summed E-state index contributed by atoms with van der Waals surface area (Å²) in [4.78, 5) is 11.9. The second-order valence-corrected chi connectivity index (χ2v) is 3.78. The van der Waals surface area contributed by atoms with E-state index in [-0.39, 0.29) is 5.56 Å². The summed E-state index contributed by atoms with van der Waals surface area (Å²) in [5.74, 6) is -5.90. The van der Waals surface area contributed by atoms with Crippen molar-refractivity contribution in [2.24, 2.45) is 0 Å². The monoisotopic (exact) mass is 269 g/mol. The minimum absolute atomic E-state index is 0.373. The van der Waals surface area contributed by atoms with Gasteiger partial charge in [-0.3, -0.25) is 4.79 Å². The van der Waals surface area contributed by atoms with Gasteiger partial charge in [0.15, 0.2) is 23.2 Å².